The summed E-state index contributed by atoms with van der Waals surface area (Å²) in [6.45, 7) is 6.28. The third-order valence-corrected chi connectivity index (χ3v) is 3.70. The second-order valence-corrected chi connectivity index (χ2v) is 6.55. The molecule has 0 spiro atoms. The summed E-state index contributed by atoms with van der Waals surface area (Å²) in [5.41, 5.74) is 2.31. The van der Waals surface area contributed by atoms with Crippen LogP contribution in [0.5, 0.6) is 0 Å². The Hall–Kier alpha value is -2.66. The molecule has 26 heavy (non-hydrogen) atoms. The van der Waals surface area contributed by atoms with Crippen molar-refractivity contribution in [3.63, 3.8) is 0 Å². The zero-order valence-electron chi connectivity index (χ0n) is 15.5. The molecule has 2 N–H and O–H groups in total. The molecule has 1 atom stereocenters. The van der Waals surface area contributed by atoms with E-state index < -0.39 is 0 Å². The smallest absolute Gasteiger partial charge is 0.251 e. The molecule has 2 aromatic rings. The summed E-state index contributed by atoms with van der Waals surface area (Å²) in [4.78, 5) is 24.3. The number of hydrogen-bond acceptors (Lipinski definition) is 3. The van der Waals surface area contributed by atoms with Crippen LogP contribution in [0.15, 0.2) is 54.6 Å². The van der Waals surface area contributed by atoms with Gasteiger partial charge in [-0.2, -0.15) is 0 Å². The van der Waals surface area contributed by atoms with Crippen LogP contribution in [-0.4, -0.2) is 24.0 Å². The monoisotopic (exact) mass is 354 g/mol. The van der Waals surface area contributed by atoms with Crippen molar-refractivity contribution in [2.45, 2.75) is 45.9 Å². The molecule has 0 aromatic heterocycles. The molecule has 0 heterocycles. The lowest BCUT2D eigenvalue weighted by Gasteiger charge is -2.14. The molecule has 0 saturated heterocycles. The van der Waals surface area contributed by atoms with E-state index in [-0.39, 0.29) is 30.4 Å². The highest BCUT2D eigenvalue weighted by Gasteiger charge is 2.13. The lowest BCUT2D eigenvalue weighted by atomic mass is 10.1. The maximum Gasteiger partial charge on any atom is 0.251 e. The Kier molecular flexibility index (Phi) is 7.36. The van der Waals surface area contributed by atoms with Crippen molar-refractivity contribution in [1.82, 2.24) is 5.32 Å². The third kappa shape index (κ3) is 6.69. The summed E-state index contributed by atoms with van der Waals surface area (Å²) >= 11 is 0. The molecule has 2 aromatic carbocycles. The Morgan fingerprint density at radius 2 is 1.73 bits per heavy atom. The molecule has 0 aliphatic carbocycles. The van der Waals surface area contributed by atoms with Gasteiger partial charge in [0.2, 0.25) is 5.91 Å². The normalized spacial score (nSPS) is 11.8. The van der Waals surface area contributed by atoms with Gasteiger partial charge in [0.25, 0.3) is 5.91 Å². The standard InChI is InChI=1S/C21H26N2O3/c1-15(2)26-14-17-8-7-11-19(13-17)23-20(24)12-16(3)22-21(25)18-9-5-4-6-10-18/h4-11,13,15-16H,12,14H2,1-3H3,(H,22,25)(H,23,24). The highest BCUT2D eigenvalue weighted by Crippen LogP contribution is 2.13. The first-order valence-corrected chi connectivity index (χ1v) is 8.80. The van der Waals surface area contributed by atoms with E-state index >= 15 is 0 Å². The van der Waals surface area contributed by atoms with Crippen LogP contribution in [0.2, 0.25) is 0 Å². The summed E-state index contributed by atoms with van der Waals surface area (Å²) < 4.78 is 5.58. The molecule has 2 rings (SSSR count). The largest absolute Gasteiger partial charge is 0.374 e. The van der Waals surface area contributed by atoms with Gasteiger partial charge in [-0.25, -0.2) is 0 Å². The second kappa shape index (κ2) is 9.73. The SMILES string of the molecule is CC(CC(=O)Nc1cccc(COC(C)C)c1)NC(=O)c1ccccc1. The molecule has 5 heteroatoms. The van der Waals surface area contributed by atoms with Gasteiger partial charge in [-0.05, 0) is 50.6 Å². The Balaban J connectivity index is 1.84. The number of nitrogens with one attached hydrogen (secondary N) is 2. The van der Waals surface area contributed by atoms with Crippen molar-refractivity contribution in [2.24, 2.45) is 0 Å². The van der Waals surface area contributed by atoms with E-state index in [4.69, 9.17) is 4.74 Å². The average molecular weight is 354 g/mol. The van der Waals surface area contributed by atoms with Crippen LogP contribution in [0, 0.1) is 0 Å². The molecular weight excluding hydrogens is 328 g/mol. The molecule has 0 saturated carbocycles. The van der Waals surface area contributed by atoms with Crippen LogP contribution < -0.4 is 10.6 Å². The number of hydrogen-bond donors (Lipinski definition) is 2. The first kappa shape index (κ1) is 19.7. The van der Waals surface area contributed by atoms with E-state index in [0.717, 1.165) is 11.3 Å². The maximum absolute atomic E-state index is 12.2. The fourth-order valence-corrected chi connectivity index (χ4v) is 2.44. The van der Waals surface area contributed by atoms with Crippen LogP contribution >= 0.6 is 0 Å². The van der Waals surface area contributed by atoms with Gasteiger partial charge in [-0.3, -0.25) is 9.59 Å². The number of carbonyl (C=O) groups is 2. The highest BCUT2D eigenvalue weighted by molar-refractivity contribution is 5.95. The van der Waals surface area contributed by atoms with Gasteiger partial charge in [-0.15, -0.1) is 0 Å². The molecule has 0 aliphatic heterocycles. The van der Waals surface area contributed by atoms with Crippen molar-refractivity contribution in [1.29, 1.82) is 0 Å². The van der Waals surface area contributed by atoms with Crippen LogP contribution in [-0.2, 0) is 16.1 Å². The van der Waals surface area contributed by atoms with Gasteiger partial charge < -0.3 is 15.4 Å². The highest BCUT2D eigenvalue weighted by atomic mass is 16.5. The van der Waals surface area contributed by atoms with Crippen molar-refractivity contribution in [2.75, 3.05) is 5.32 Å². The number of carbonyl (C=O) groups excluding carboxylic acids is 2. The molecule has 1 unspecified atom stereocenters. The Morgan fingerprint density at radius 1 is 1.00 bits per heavy atom. The summed E-state index contributed by atoms with van der Waals surface area (Å²) in [6.07, 6.45) is 0.355. The van der Waals surface area contributed by atoms with Gasteiger partial charge in [0.1, 0.15) is 0 Å². The quantitative estimate of drug-likeness (QED) is 0.758. The predicted octanol–water partition coefficient (Wildman–Crippen LogP) is 3.76. The number of rotatable bonds is 8. The Labute approximate surface area is 154 Å². The van der Waals surface area contributed by atoms with E-state index in [9.17, 15) is 9.59 Å². The van der Waals surface area contributed by atoms with Crippen LogP contribution in [0.25, 0.3) is 0 Å². The lowest BCUT2D eigenvalue weighted by molar-refractivity contribution is -0.116. The summed E-state index contributed by atoms with van der Waals surface area (Å²) in [5, 5.41) is 5.71. The van der Waals surface area contributed by atoms with E-state index in [0.29, 0.717) is 12.2 Å². The molecule has 0 radical (unpaired) electrons. The summed E-state index contributed by atoms with van der Waals surface area (Å²) in [7, 11) is 0. The average Bonchev–Trinajstić information content (AvgIpc) is 2.60. The summed E-state index contributed by atoms with van der Waals surface area (Å²) in [6, 6.07) is 16.3. The minimum atomic E-state index is -0.268. The van der Waals surface area contributed by atoms with Crippen molar-refractivity contribution in [3.05, 3.63) is 65.7 Å². The zero-order chi connectivity index (χ0) is 18.9. The zero-order valence-corrected chi connectivity index (χ0v) is 15.5. The molecular formula is C21H26N2O3. The van der Waals surface area contributed by atoms with Crippen LogP contribution in [0.3, 0.4) is 0 Å². The van der Waals surface area contributed by atoms with E-state index in [1.807, 2.05) is 63.2 Å². The van der Waals surface area contributed by atoms with Gasteiger partial charge >= 0.3 is 0 Å². The molecule has 0 aliphatic rings. The lowest BCUT2D eigenvalue weighted by Crippen LogP contribution is -2.35. The van der Waals surface area contributed by atoms with Crippen molar-refractivity contribution >= 4 is 17.5 Å². The minimum Gasteiger partial charge on any atom is -0.374 e. The Bertz CT molecular complexity index is 729. The van der Waals surface area contributed by atoms with E-state index in [1.54, 1.807) is 12.1 Å². The second-order valence-electron chi connectivity index (χ2n) is 6.55. The Morgan fingerprint density at radius 3 is 2.42 bits per heavy atom. The van der Waals surface area contributed by atoms with Crippen molar-refractivity contribution in [3.8, 4) is 0 Å². The maximum atomic E-state index is 12.2. The fourth-order valence-electron chi connectivity index (χ4n) is 2.44. The van der Waals surface area contributed by atoms with Crippen LogP contribution in [0.1, 0.15) is 43.1 Å². The van der Waals surface area contributed by atoms with Crippen molar-refractivity contribution < 1.29 is 14.3 Å². The van der Waals surface area contributed by atoms with Gasteiger partial charge in [0.05, 0.1) is 12.7 Å². The minimum absolute atomic E-state index is 0.146. The molecule has 5 nitrogen and oxygen atoms in total. The van der Waals surface area contributed by atoms with Gasteiger partial charge in [0, 0.05) is 23.7 Å². The predicted molar refractivity (Wildman–Crippen MR) is 103 cm³/mol. The third-order valence-electron chi connectivity index (χ3n) is 3.70. The van der Waals surface area contributed by atoms with E-state index in [2.05, 4.69) is 10.6 Å². The van der Waals surface area contributed by atoms with E-state index in [1.165, 1.54) is 0 Å². The van der Waals surface area contributed by atoms with Gasteiger partial charge in [0.15, 0.2) is 0 Å². The number of amides is 2. The molecule has 0 bridgehead atoms. The number of anilines is 1. The molecule has 0 fully saturated rings. The topological polar surface area (TPSA) is 67.4 Å². The van der Waals surface area contributed by atoms with Gasteiger partial charge in [-0.1, -0.05) is 30.3 Å². The first-order chi connectivity index (χ1) is 12.4. The molecule has 2 amide bonds. The first-order valence-electron chi connectivity index (χ1n) is 8.80. The fraction of sp³-hybridized carbons (Fsp3) is 0.333. The number of ether oxygens (including phenoxy) is 1. The number of benzene rings is 2. The summed E-state index contributed by atoms with van der Waals surface area (Å²) in [5.74, 6) is -0.327. The van der Waals surface area contributed by atoms with Crippen LogP contribution in [0.4, 0.5) is 5.69 Å². The molecule has 138 valence electrons.